The molecule has 0 fully saturated rings. The van der Waals surface area contributed by atoms with E-state index < -0.39 is 28.3 Å². The molecule has 0 bridgehead atoms. The molecule has 0 atom stereocenters. The minimum Gasteiger partial charge on any atom is -0.489 e. The van der Waals surface area contributed by atoms with Crippen LogP contribution >= 0.6 is 34.8 Å². The topological polar surface area (TPSA) is 75.7 Å². The number of carbonyl (C=O) groups is 1. The van der Waals surface area contributed by atoms with Gasteiger partial charge in [-0.15, -0.1) is 0 Å². The molecule has 34 heavy (non-hydrogen) atoms. The van der Waals surface area contributed by atoms with Gasteiger partial charge in [0.2, 0.25) is 5.91 Å². The van der Waals surface area contributed by atoms with Crippen molar-refractivity contribution in [3.8, 4) is 5.75 Å². The van der Waals surface area contributed by atoms with Crippen molar-refractivity contribution in [2.75, 3.05) is 16.2 Å². The maximum Gasteiger partial charge on any atom is 0.264 e. The zero-order valence-corrected chi connectivity index (χ0v) is 21.1. The second-order valence-corrected chi connectivity index (χ2v) is 10.5. The normalized spacial score (nSPS) is 11.4. The van der Waals surface area contributed by atoms with Crippen LogP contribution in [0.2, 0.25) is 15.1 Å². The van der Waals surface area contributed by atoms with Gasteiger partial charge in [-0.05, 0) is 68.4 Å². The van der Waals surface area contributed by atoms with E-state index in [1.807, 2.05) is 0 Å². The number of carbonyl (C=O) groups excluding carboxylic acids is 1. The summed E-state index contributed by atoms with van der Waals surface area (Å²) in [6, 6.07) is 13.2. The van der Waals surface area contributed by atoms with E-state index in [9.17, 15) is 17.6 Å². The fourth-order valence-electron chi connectivity index (χ4n) is 2.95. The van der Waals surface area contributed by atoms with Crippen LogP contribution in [0.5, 0.6) is 5.75 Å². The molecule has 3 aromatic rings. The first kappa shape index (κ1) is 26.1. The van der Waals surface area contributed by atoms with Gasteiger partial charge in [0.25, 0.3) is 10.0 Å². The highest BCUT2D eigenvalue weighted by Gasteiger charge is 2.30. The Kier molecular flexibility index (Phi) is 8.30. The first-order chi connectivity index (χ1) is 16.0. The van der Waals surface area contributed by atoms with E-state index in [0.29, 0.717) is 10.7 Å². The summed E-state index contributed by atoms with van der Waals surface area (Å²) < 4.78 is 46.8. The van der Waals surface area contributed by atoms with Crippen molar-refractivity contribution in [3.63, 3.8) is 0 Å². The third-order valence-corrected chi connectivity index (χ3v) is 7.07. The summed E-state index contributed by atoms with van der Waals surface area (Å²) in [6.45, 7) is 2.93. The lowest BCUT2D eigenvalue weighted by Crippen LogP contribution is -2.38. The van der Waals surface area contributed by atoms with Crippen molar-refractivity contribution in [1.82, 2.24) is 0 Å². The molecule has 1 amide bonds. The van der Waals surface area contributed by atoms with Crippen LogP contribution < -0.4 is 14.4 Å². The standard InChI is InChI=1S/C23H20Cl3FN2O4S/c1-14(2)33-22-12-21(19(25)11-20(22)26)29(34(31,32)18-9-3-15(24)4-10-18)13-23(30)28-17-7-5-16(27)6-8-17/h3-12,14H,13H2,1-2H3,(H,28,30). The summed E-state index contributed by atoms with van der Waals surface area (Å²) >= 11 is 18.5. The number of rotatable bonds is 8. The molecule has 0 aromatic heterocycles. The molecule has 11 heteroatoms. The van der Waals surface area contributed by atoms with E-state index >= 15 is 0 Å². The molecule has 0 aliphatic rings. The fourth-order valence-corrected chi connectivity index (χ4v) is 5.09. The first-order valence-electron chi connectivity index (χ1n) is 9.97. The molecule has 1 N–H and O–H groups in total. The van der Waals surface area contributed by atoms with E-state index in [1.165, 1.54) is 60.7 Å². The van der Waals surface area contributed by atoms with Gasteiger partial charge in [-0.2, -0.15) is 0 Å². The van der Waals surface area contributed by atoms with Gasteiger partial charge in [0, 0.05) is 16.8 Å². The zero-order chi connectivity index (χ0) is 25.0. The van der Waals surface area contributed by atoms with Crippen molar-refractivity contribution in [2.24, 2.45) is 0 Å². The Bertz CT molecular complexity index is 1280. The quantitative estimate of drug-likeness (QED) is 0.355. The van der Waals surface area contributed by atoms with Gasteiger partial charge in [-0.3, -0.25) is 9.10 Å². The molecule has 0 saturated carbocycles. The van der Waals surface area contributed by atoms with Gasteiger partial charge in [-0.1, -0.05) is 34.8 Å². The third-order valence-electron chi connectivity index (χ3n) is 4.45. The summed E-state index contributed by atoms with van der Waals surface area (Å²) in [5, 5.41) is 3.07. The average molecular weight is 546 g/mol. The van der Waals surface area contributed by atoms with E-state index in [-0.39, 0.29) is 32.5 Å². The number of benzene rings is 3. The highest BCUT2D eigenvalue weighted by Crippen LogP contribution is 2.39. The lowest BCUT2D eigenvalue weighted by atomic mass is 10.2. The number of anilines is 2. The molecule has 3 rings (SSSR count). The van der Waals surface area contributed by atoms with Crippen LogP contribution in [-0.4, -0.2) is 27.0 Å². The highest BCUT2D eigenvalue weighted by atomic mass is 35.5. The largest absolute Gasteiger partial charge is 0.489 e. The summed E-state index contributed by atoms with van der Waals surface area (Å²) in [4.78, 5) is 12.7. The molecular formula is C23H20Cl3FN2O4S. The van der Waals surface area contributed by atoms with Crippen LogP contribution in [0, 0.1) is 5.82 Å². The minimum atomic E-state index is -4.27. The van der Waals surface area contributed by atoms with Crippen molar-refractivity contribution in [2.45, 2.75) is 24.8 Å². The number of halogens is 4. The second-order valence-electron chi connectivity index (χ2n) is 7.42. The summed E-state index contributed by atoms with van der Waals surface area (Å²) in [5.41, 5.74) is 0.284. The van der Waals surface area contributed by atoms with E-state index in [0.717, 1.165) is 4.31 Å². The molecule has 180 valence electrons. The second kappa shape index (κ2) is 10.8. The zero-order valence-electron chi connectivity index (χ0n) is 18.1. The van der Waals surface area contributed by atoms with Gasteiger partial charge < -0.3 is 10.1 Å². The Labute approximate surface area is 212 Å². The maximum absolute atomic E-state index is 13.6. The van der Waals surface area contributed by atoms with Crippen molar-refractivity contribution < 1.29 is 22.3 Å². The van der Waals surface area contributed by atoms with Crippen LogP contribution in [-0.2, 0) is 14.8 Å². The molecule has 0 spiro atoms. The lowest BCUT2D eigenvalue weighted by Gasteiger charge is -2.26. The number of hydrogen-bond acceptors (Lipinski definition) is 4. The molecule has 3 aromatic carbocycles. The van der Waals surface area contributed by atoms with Gasteiger partial charge in [-0.25, -0.2) is 12.8 Å². The molecule has 0 heterocycles. The maximum atomic E-state index is 13.6. The first-order valence-corrected chi connectivity index (χ1v) is 12.5. The van der Waals surface area contributed by atoms with E-state index in [4.69, 9.17) is 39.5 Å². The molecule has 0 saturated heterocycles. The Morgan fingerprint density at radius 3 is 2.21 bits per heavy atom. The molecule has 0 radical (unpaired) electrons. The Morgan fingerprint density at radius 2 is 1.62 bits per heavy atom. The van der Waals surface area contributed by atoms with Gasteiger partial charge >= 0.3 is 0 Å². The summed E-state index contributed by atoms with van der Waals surface area (Å²) in [6.07, 6.45) is -0.255. The predicted octanol–water partition coefficient (Wildman–Crippen LogP) is 6.41. The molecule has 0 aliphatic heterocycles. The highest BCUT2D eigenvalue weighted by molar-refractivity contribution is 7.92. The van der Waals surface area contributed by atoms with Crippen LogP contribution in [0.1, 0.15) is 13.8 Å². The molecule has 6 nitrogen and oxygen atoms in total. The smallest absolute Gasteiger partial charge is 0.264 e. The van der Waals surface area contributed by atoms with Crippen molar-refractivity contribution in [3.05, 3.63) is 81.5 Å². The fraction of sp³-hybridized carbons (Fsp3) is 0.174. The van der Waals surface area contributed by atoms with Crippen molar-refractivity contribution in [1.29, 1.82) is 0 Å². The molecule has 0 aliphatic carbocycles. The Hall–Kier alpha value is -2.52. The van der Waals surface area contributed by atoms with Crippen LogP contribution in [0.3, 0.4) is 0 Å². The van der Waals surface area contributed by atoms with Crippen LogP contribution in [0.15, 0.2) is 65.6 Å². The number of ether oxygens (including phenoxy) is 1. The van der Waals surface area contributed by atoms with Crippen LogP contribution in [0.25, 0.3) is 0 Å². The van der Waals surface area contributed by atoms with E-state index in [1.54, 1.807) is 13.8 Å². The summed E-state index contributed by atoms with van der Waals surface area (Å²) in [5.74, 6) is -0.955. The lowest BCUT2D eigenvalue weighted by molar-refractivity contribution is -0.114. The minimum absolute atomic E-state index is 0.00627. The third kappa shape index (κ3) is 6.33. The Morgan fingerprint density at radius 1 is 1.00 bits per heavy atom. The number of hydrogen-bond donors (Lipinski definition) is 1. The van der Waals surface area contributed by atoms with Gasteiger partial charge in [0.15, 0.2) is 0 Å². The van der Waals surface area contributed by atoms with Gasteiger partial charge in [0.05, 0.1) is 26.7 Å². The summed E-state index contributed by atoms with van der Waals surface area (Å²) in [7, 11) is -4.27. The Balaban J connectivity index is 2.06. The average Bonchev–Trinajstić information content (AvgIpc) is 2.76. The van der Waals surface area contributed by atoms with E-state index in [2.05, 4.69) is 5.32 Å². The number of nitrogens with zero attached hydrogens (tertiary/aromatic N) is 1. The SMILES string of the molecule is CC(C)Oc1cc(N(CC(=O)Nc2ccc(F)cc2)S(=O)(=O)c2ccc(Cl)cc2)c(Cl)cc1Cl. The number of sulfonamides is 1. The number of amides is 1. The molecule has 0 unspecified atom stereocenters. The monoisotopic (exact) mass is 544 g/mol. The molecular weight excluding hydrogens is 526 g/mol. The number of nitrogens with one attached hydrogen (secondary N) is 1. The van der Waals surface area contributed by atoms with Crippen LogP contribution in [0.4, 0.5) is 15.8 Å². The van der Waals surface area contributed by atoms with Gasteiger partial charge in [0.1, 0.15) is 18.1 Å². The predicted molar refractivity (Wildman–Crippen MR) is 133 cm³/mol. The van der Waals surface area contributed by atoms with Crippen molar-refractivity contribution >= 4 is 62.1 Å².